The molecule has 3 aromatic rings. The van der Waals surface area contributed by atoms with Crippen molar-refractivity contribution in [1.82, 2.24) is 0 Å². The largest absolute Gasteiger partial charge is 0.496 e. The highest BCUT2D eigenvalue weighted by atomic mass is 79.9. The number of hydrogen-bond donors (Lipinski definition) is 0. The molecule has 0 fully saturated rings. The number of halogens is 1. The molecule has 0 bridgehead atoms. The van der Waals surface area contributed by atoms with Crippen LogP contribution in [0.4, 0.5) is 0 Å². The maximum atomic E-state index is 12.9. The highest BCUT2D eigenvalue weighted by Gasteiger charge is 2.30. The van der Waals surface area contributed by atoms with Gasteiger partial charge in [0.05, 0.1) is 18.2 Å². The second-order valence-corrected chi connectivity index (χ2v) is 8.11. The molecule has 0 saturated carbocycles. The topological polar surface area (TPSA) is 61.8 Å². The number of ketones is 1. The number of methoxy groups -OCH3 is 1. The molecule has 156 valence electrons. The molecule has 5 nitrogen and oxygen atoms in total. The SMILES string of the molecule is COc1ccc(Br)cc1/C=C1\Oc2cc(OC(=O)c3ccc(C)cc3)cc(C)c2C1=O. The van der Waals surface area contributed by atoms with Crippen molar-refractivity contribution in [1.29, 1.82) is 0 Å². The maximum absolute atomic E-state index is 12.9. The molecule has 4 rings (SSSR count). The highest BCUT2D eigenvalue weighted by molar-refractivity contribution is 9.10. The zero-order chi connectivity index (χ0) is 22.1. The Morgan fingerprint density at radius 1 is 1.03 bits per heavy atom. The number of benzene rings is 3. The molecule has 0 spiro atoms. The molecular weight excluding hydrogens is 460 g/mol. The molecule has 1 aliphatic heterocycles. The third-order valence-corrected chi connectivity index (χ3v) is 5.41. The number of esters is 1. The van der Waals surface area contributed by atoms with Gasteiger partial charge in [-0.2, -0.15) is 0 Å². The van der Waals surface area contributed by atoms with Crippen LogP contribution in [0.1, 0.15) is 37.4 Å². The van der Waals surface area contributed by atoms with Gasteiger partial charge in [0.1, 0.15) is 17.2 Å². The van der Waals surface area contributed by atoms with Crippen molar-refractivity contribution in [3.63, 3.8) is 0 Å². The zero-order valence-electron chi connectivity index (χ0n) is 17.2. The van der Waals surface area contributed by atoms with E-state index in [0.717, 1.165) is 10.0 Å². The van der Waals surface area contributed by atoms with Crippen molar-refractivity contribution in [2.45, 2.75) is 13.8 Å². The Balaban J connectivity index is 1.63. The van der Waals surface area contributed by atoms with Crippen molar-refractivity contribution in [3.8, 4) is 17.2 Å². The van der Waals surface area contributed by atoms with E-state index >= 15 is 0 Å². The van der Waals surface area contributed by atoms with E-state index in [-0.39, 0.29) is 11.5 Å². The first-order chi connectivity index (χ1) is 14.9. The molecule has 0 amide bonds. The number of allylic oxidation sites excluding steroid dienone is 1. The molecule has 0 atom stereocenters. The van der Waals surface area contributed by atoms with E-state index in [4.69, 9.17) is 14.2 Å². The van der Waals surface area contributed by atoms with Gasteiger partial charge in [0.2, 0.25) is 5.78 Å². The fraction of sp³-hybridized carbons (Fsp3) is 0.120. The van der Waals surface area contributed by atoms with Gasteiger partial charge in [0, 0.05) is 16.1 Å². The number of rotatable bonds is 4. The van der Waals surface area contributed by atoms with E-state index in [1.165, 1.54) is 0 Å². The van der Waals surface area contributed by atoms with Gasteiger partial charge in [-0.25, -0.2) is 4.79 Å². The van der Waals surface area contributed by atoms with E-state index < -0.39 is 5.97 Å². The molecule has 3 aromatic carbocycles. The van der Waals surface area contributed by atoms with E-state index in [9.17, 15) is 9.59 Å². The van der Waals surface area contributed by atoms with E-state index in [1.807, 2.05) is 31.2 Å². The molecule has 0 N–H and O–H groups in total. The van der Waals surface area contributed by atoms with Crippen molar-refractivity contribution < 1.29 is 23.8 Å². The summed E-state index contributed by atoms with van der Waals surface area (Å²) < 4.78 is 17.6. The second kappa shape index (κ2) is 8.40. The van der Waals surface area contributed by atoms with Crippen LogP contribution in [0.2, 0.25) is 0 Å². The van der Waals surface area contributed by atoms with Gasteiger partial charge in [0.15, 0.2) is 5.76 Å². The van der Waals surface area contributed by atoms with Crippen molar-refractivity contribution in [3.05, 3.63) is 92.6 Å². The number of hydrogen-bond acceptors (Lipinski definition) is 5. The summed E-state index contributed by atoms with van der Waals surface area (Å²) in [7, 11) is 1.57. The predicted octanol–water partition coefficient (Wildman–Crippen LogP) is 5.91. The summed E-state index contributed by atoms with van der Waals surface area (Å²) >= 11 is 3.43. The average molecular weight is 479 g/mol. The predicted molar refractivity (Wildman–Crippen MR) is 121 cm³/mol. The summed E-state index contributed by atoms with van der Waals surface area (Å²) in [6.07, 6.45) is 1.64. The normalized spacial score (nSPS) is 13.7. The van der Waals surface area contributed by atoms with Crippen LogP contribution in [-0.2, 0) is 0 Å². The summed E-state index contributed by atoms with van der Waals surface area (Å²) in [5, 5.41) is 0. The minimum atomic E-state index is -0.474. The average Bonchev–Trinajstić information content (AvgIpc) is 3.04. The molecule has 0 radical (unpaired) electrons. The summed E-state index contributed by atoms with van der Waals surface area (Å²) in [4.78, 5) is 25.4. The molecule has 1 aliphatic rings. The smallest absolute Gasteiger partial charge is 0.343 e. The Morgan fingerprint density at radius 3 is 2.48 bits per heavy atom. The van der Waals surface area contributed by atoms with Crippen LogP contribution in [0.15, 0.2) is 64.8 Å². The Bertz CT molecular complexity index is 1230. The van der Waals surface area contributed by atoms with E-state index in [2.05, 4.69) is 15.9 Å². The Hall–Kier alpha value is -3.38. The van der Waals surface area contributed by atoms with Crippen LogP contribution < -0.4 is 14.2 Å². The monoisotopic (exact) mass is 478 g/mol. The Kier molecular flexibility index (Phi) is 5.65. The first kappa shape index (κ1) is 20.9. The molecular formula is C25H19BrO5. The number of aryl methyl sites for hydroxylation is 2. The van der Waals surface area contributed by atoms with Crippen molar-refractivity contribution in [2.75, 3.05) is 7.11 Å². The quantitative estimate of drug-likeness (QED) is 0.265. The fourth-order valence-electron chi connectivity index (χ4n) is 3.35. The van der Waals surface area contributed by atoms with Crippen LogP contribution >= 0.6 is 15.9 Å². The van der Waals surface area contributed by atoms with Gasteiger partial charge in [-0.3, -0.25) is 4.79 Å². The van der Waals surface area contributed by atoms with Crippen LogP contribution in [0.5, 0.6) is 17.2 Å². The summed E-state index contributed by atoms with van der Waals surface area (Å²) in [5.74, 6) is 0.765. The van der Waals surface area contributed by atoms with Crippen LogP contribution in [0.3, 0.4) is 0 Å². The van der Waals surface area contributed by atoms with Crippen molar-refractivity contribution in [2.24, 2.45) is 0 Å². The lowest BCUT2D eigenvalue weighted by Crippen LogP contribution is -2.08. The first-order valence-corrected chi connectivity index (χ1v) is 10.4. The number of ether oxygens (including phenoxy) is 3. The molecule has 0 aromatic heterocycles. The minimum Gasteiger partial charge on any atom is -0.496 e. The number of Topliss-reactive ketones (excluding diaryl/α,β-unsaturated/α-hetero) is 1. The highest BCUT2D eigenvalue weighted by Crippen LogP contribution is 2.38. The Morgan fingerprint density at radius 2 is 1.77 bits per heavy atom. The molecule has 0 unspecified atom stereocenters. The van der Waals surface area contributed by atoms with Gasteiger partial charge >= 0.3 is 5.97 Å². The lowest BCUT2D eigenvalue weighted by Gasteiger charge is -2.08. The third kappa shape index (κ3) is 4.25. The number of carbonyl (C=O) groups excluding carboxylic acids is 2. The molecule has 6 heteroatoms. The number of fused-ring (bicyclic) bond motifs is 1. The van der Waals surface area contributed by atoms with Gasteiger partial charge in [-0.15, -0.1) is 0 Å². The molecule has 1 heterocycles. The van der Waals surface area contributed by atoms with Gasteiger partial charge < -0.3 is 14.2 Å². The third-order valence-electron chi connectivity index (χ3n) is 4.92. The number of carbonyl (C=O) groups is 2. The molecule has 31 heavy (non-hydrogen) atoms. The second-order valence-electron chi connectivity index (χ2n) is 7.19. The van der Waals surface area contributed by atoms with Crippen molar-refractivity contribution >= 4 is 33.8 Å². The zero-order valence-corrected chi connectivity index (χ0v) is 18.8. The van der Waals surface area contributed by atoms with Gasteiger partial charge in [-0.1, -0.05) is 33.6 Å². The lowest BCUT2D eigenvalue weighted by molar-refractivity contribution is 0.0734. The molecule has 0 saturated heterocycles. The molecule has 0 aliphatic carbocycles. The van der Waals surface area contributed by atoms with E-state index in [0.29, 0.717) is 39.5 Å². The first-order valence-electron chi connectivity index (χ1n) is 9.57. The standard InChI is InChI=1S/C25H19BrO5/c1-14-4-6-16(7-5-14)25(28)30-19-10-15(2)23-21(13-19)31-22(24(23)27)12-17-11-18(26)8-9-20(17)29-3/h4-13H,1-3H3/b22-12-. The van der Waals surface area contributed by atoms with E-state index in [1.54, 1.807) is 50.4 Å². The summed E-state index contributed by atoms with van der Waals surface area (Å²) in [5.41, 5.74) is 3.33. The summed E-state index contributed by atoms with van der Waals surface area (Å²) in [6.45, 7) is 3.73. The fourth-order valence-corrected chi connectivity index (χ4v) is 3.73. The van der Waals surface area contributed by atoms with Crippen LogP contribution in [-0.4, -0.2) is 18.9 Å². The minimum absolute atomic E-state index is 0.177. The van der Waals surface area contributed by atoms with Crippen LogP contribution in [0, 0.1) is 13.8 Å². The van der Waals surface area contributed by atoms with Gasteiger partial charge in [-0.05, 0) is 61.9 Å². The van der Waals surface area contributed by atoms with Crippen LogP contribution in [0.25, 0.3) is 6.08 Å². The van der Waals surface area contributed by atoms with Gasteiger partial charge in [0.25, 0.3) is 0 Å². The Labute approximate surface area is 188 Å². The summed E-state index contributed by atoms with van der Waals surface area (Å²) in [6, 6.07) is 15.8. The lowest BCUT2D eigenvalue weighted by atomic mass is 10.0. The maximum Gasteiger partial charge on any atom is 0.343 e.